The molecular weight excluding hydrogens is 472 g/mol. The summed E-state index contributed by atoms with van der Waals surface area (Å²) in [5.74, 6) is -0.423. The van der Waals surface area contributed by atoms with Gasteiger partial charge in [0.05, 0.1) is 36.2 Å². The minimum absolute atomic E-state index is 0.0414. The molecule has 2 fully saturated rings. The zero-order valence-corrected chi connectivity index (χ0v) is 21.3. The van der Waals surface area contributed by atoms with Crippen molar-refractivity contribution in [1.29, 1.82) is 5.26 Å². The average molecular weight is 507 g/mol. The summed E-state index contributed by atoms with van der Waals surface area (Å²) in [4.78, 5) is 19.6. The molecule has 1 aliphatic carbocycles. The van der Waals surface area contributed by atoms with Crippen LogP contribution >= 0.6 is 0 Å². The first-order valence-electron chi connectivity index (χ1n) is 12.8. The van der Waals surface area contributed by atoms with E-state index in [2.05, 4.69) is 35.2 Å². The van der Waals surface area contributed by atoms with Gasteiger partial charge in [-0.3, -0.25) is 4.79 Å². The molecule has 2 bridgehead atoms. The number of carbonyl (C=O) groups is 1. The Hall–Kier alpha value is -3.03. The fraction of sp³-hybridized carbons (Fsp3) is 0.536. The fourth-order valence-electron chi connectivity index (χ4n) is 6.14. The Morgan fingerprint density at radius 1 is 1.19 bits per heavy atom. The van der Waals surface area contributed by atoms with E-state index in [1.807, 2.05) is 12.1 Å². The quantitative estimate of drug-likeness (QED) is 0.403. The predicted octanol–water partition coefficient (Wildman–Crippen LogP) is 3.38. The molecule has 5 N–H and O–H groups in total. The molecular formula is C28H34N4O5. The van der Waals surface area contributed by atoms with Crippen LogP contribution < -0.4 is 5.32 Å². The first-order valence-corrected chi connectivity index (χ1v) is 12.8. The van der Waals surface area contributed by atoms with Gasteiger partial charge in [0, 0.05) is 24.1 Å². The van der Waals surface area contributed by atoms with E-state index >= 15 is 0 Å². The monoisotopic (exact) mass is 506 g/mol. The number of benzene rings is 1. The molecule has 37 heavy (non-hydrogen) atoms. The minimum atomic E-state index is -1.31. The maximum atomic E-state index is 12.9. The zero-order valence-electron chi connectivity index (χ0n) is 21.3. The van der Waals surface area contributed by atoms with Crippen LogP contribution in [0.2, 0.25) is 0 Å². The molecule has 2 saturated heterocycles. The molecule has 9 nitrogen and oxygen atoms in total. The number of imidazole rings is 1. The van der Waals surface area contributed by atoms with E-state index in [9.17, 15) is 20.1 Å². The van der Waals surface area contributed by atoms with Gasteiger partial charge in [-0.1, -0.05) is 26.0 Å². The third-order valence-electron chi connectivity index (χ3n) is 8.31. The maximum absolute atomic E-state index is 12.9. The van der Waals surface area contributed by atoms with Crippen LogP contribution in [0.1, 0.15) is 86.2 Å². The molecule has 3 aliphatic rings. The summed E-state index contributed by atoms with van der Waals surface area (Å²) < 4.78 is 6.13. The fourth-order valence-corrected chi connectivity index (χ4v) is 6.14. The van der Waals surface area contributed by atoms with Crippen LogP contribution in [0.4, 0.5) is 5.69 Å². The number of rotatable bonds is 6. The van der Waals surface area contributed by atoms with Crippen LogP contribution in [0.5, 0.6) is 0 Å². The number of aliphatic hydroxyl groups is 3. The lowest BCUT2D eigenvalue weighted by atomic mass is 9.74. The number of aromatic amines is 1. The van der Waals surface area contributed by atoms with Crippen LogP contribution in [0, 0.1) is 16.7 Å². The lowest BCUT2D eigenvalue weighted by molar-refractivity contribution is -0.231. The summed E-state index contributed by atoms with van der Waals surface area (Å²) in [6.45, 7) is 4.00. The van der Waals surface area contributed by atoms with Gasteiger partial charge in [-0.25, -0.2) is 4.98 Å². The number of allylic oxidation sites excluding steroid dienone is 2. The summed E-state index contributed by atoms with van der Waals surface area (Å²) in [6.07, 6.45) is 7.79. The largest absolute Gasteiger partial charge is 0.393 e. The molecule has 2 aliphatic heterocycles. The number of hydrogen-bond acceptors (Lipinski definition) is 7. The molecule has 1 aromatic carbocycles. The number of nitriles is 1. The Morgan fingerprint density at radius 2 is 1.89 bits per heavy atom. The molecule has 196 valence electrons. The molecule has 2 aromatic rings. The van der Waals surface area contributed by atoms with Gasteiger partial charge in [-0.2, -0.15) is 5.26 Å². The van der Waals surface area contributed by atoms with Crippen LogP contribution in [-0.2, 0) is 10.3 Å². The van der Waals surface area contributed by atoms with E-state index in [4.69, 9.17) is 10.00 Å². The number of hydrogen-bond donors (Lipinski definition) is 5. The Kier molecular flexibility index (Phi) is 6.28. The number of anilines is 1. The molecule has 0 spiro atoms. The smallest absolute Gasteiger partial charge is 0.291 e. The maximum Gasteiger partial charge on any atom is 0.291 e. The number of carbonyl (C=O) groups excluding carboxylic acids is 1. The Labute approximate surface area is 216 Å². The van der Waals surface area contributed by atoms with Gasteiger partial charge in [0.1, 0.15) is 11.8 Å². The van der Waals surface area contributed by atoms with Crippen molar-refractivity contribution >= 4 is 17.2 Å². The topological polar surface area (TPSA) is 151 Å². The molecule has 1 amide bonds. The second-order valence-electron chi connectivity index (χ2n) is 11.7. The number of nitrogens with zero attached hydrogens (tertiary/aromatic N) is 2. The van der Waals surface area contributed by atoms with Crippen LogP contribution in [0.25, 0.3) is 5.57 Å². The minimum Gasteiger partial charge on any atom is -0.393 e. The van der Waals surface area contributed by atoms with Crippen molar-refractivity contribution in [3.8, 4) is 6.07 Å². The Bertz CT molecular complexity index is 1270. The summed E-state index contributed by atoms with van der Waals surface area (Å²) in [6, 6.07) is 7.42. The Morgan fingerprint density at radius 3 is 2.46 bits per heavy atom. The summed E-state index contributed by atoms with van der Waals surface area (Å²) >= 11 is 0. The van der Waals surface area contributed by atoms with Crippen LogP contribution in [-0.4, -0.2) is 55.6 Å². The third kappa shape index (κ3) is 4.71. The van der Waals surface area contributed by atoms with E-state index in [0.717, 1.165) is 30.4 Å². The highest BCUT2D eigenvalue weighted by Gasteiger charge is 2.60. The van der Waals surface area contributed by atoms with Crippen molar-refractivity contribution < 1.29 is 24.9 Å². The second-order valence-corrected chi connectivity index (χ2v) is 11.7. The van der Waals surface area contributed by atoms with Crippen molar-refractivity contribution in [3.05, 3.63) is 53.1 Å². The normalized spacial score (nSPS) is 30.4. The van der Waals surface area contributed by atoms with Gasteiger partial charge in [-0.05, 0) is 60.8 Å². The number of fused-ring (bicyclic) bond motifs is 2. The first kappa shape index (κ1) is 25.6. The number of nitrogens with one attached hydrogen (secondary N) is 2. The van der Waals surface area contributed by atoms with Crippen molar-refractivity contribution in [2.75, 3.05) is 18.5 Å². The van der Waals surface area contributed by atoms with E-state index in [0.29, 0.717) is 24.1 Å². The van der Waals surface area contributed by atoms with Crippen LogP contribution in [0.3, 0.4) is 0 Å². The highest BCUT2D eigenvalue weighted by molar-refractivity contribution is 6.03. The van der Waals surface area contributed by atoms with Crippen molar-refractivity contribution in [2.24, 2.45) is 5.41 Å². The van der Waals surface area contributed by atoms with E-state index in [1.54, 1.807) is 12.1 Å². The van der Waals surface area contributed by atoms with E-state index < -0.39 is 22.7 Å². The first-order chi connectivity index (χ1) is 17.5. The molecule has 3 heterocycles. The Balaban J connectivity index is 1.53. The summed E-state index contributed by atoms with van der Waals surface area (Å²) in [5.41, 5.74) is 0.435. The lowest BCUT2D eigenvalue weighted by Gasteiger charge is -2.47. The van der Waals surface area contributed by atoms with Crippen molar-refractivity contribution in [2.45, 2.75) is 75.6 Å². The number of amides is 1. The average Bonchev–Trinajstić information content (AvgIpc) is 3.48. The number of aromatic nitrogens is 2. The summed E-state index contributed by atoms with van der Waals surface area (Å²) in [7, 11) is 0. The number of H-pyrrole nitrogens is 1. The van der Waals surface area contributed by atoms with Crippen molar-refractivity contribution in [3.63, 3.8) is 0 Å². The van der Waals surface area contributed by atoms with Gasteiger partial charge in [0.25, 0.3) is 5.91 Å². The van der Waals surface area contributed by atoms with Crippen molar-refractivity contribution in [1.82, 2.24) is 9.97 Å². The highest BCUT2D eigenvalue weighted by atomic mass is 16.6. The van der Waals surface area contributed by atoms with Gasteiger partial charge >= 0.3 is 0 Å². The number of aliphatic hydroxyl groups excluding tert-OH is 2. The third-order valence-corrected chi connectivity index (χ3v) is 8.31. The molecule has 0 radical (unpaired) electrons. The van der Waals surface area contributed by atoms with E-state index in [-0.39, 0.29) is 43.0 Å². The lowest BCUT2D eigenvalue weighted by Crippen LogP contribution is -2.54. The molecule has 3 atom stereocenters. The highest BCUT2D eigenvalue weighted by Crippen LogP contribution is 2.55. The second kappa shape index (κ2) is 9.07. The van der Waals surface area contributed by atoms with Gasteiger partial charge in [0.2, 0.25) is 0 Å². The van der Waals surface area contributed by atoms with E-state index in [1.165, 1.54) is 6.20 Å². The molecule has 1 unspecified atom stereocenters. The molecule has 1 aromatic heterocycles. The van der Waals surface area contributed by atoms with Gasteiger partial charge < -0.3 is 30.4 Å². The summed E-state index contributed by atoms with van der Waals surface area (Å²) in [5, 5.41) is 44.2. The molecule has 5 rings (SSSR count). The van der Waals surface area contributed by atoms with Gasteiger partial charge in [0.15, 0.2) is 5.82 Å². The molecule has 9 heteroatoms. The zero-order chi connectivity index (χ0) is 26.5. The standard InChI is InChI=1S/C28H34N4O5/c1-25(2)7-5-18(6-8-25)21-11-19(3-4-22(21)32-24(35)23-30-13-20(12-29)31-23)28(36)14-26(16-33)9-10-27(15-28,17-34)37-26/h3-5,11,13,33-34,36H,6-10,14-17H2,1-2H3,(H,30,31)(H,32,35)/t26-,27+,28?. The van der Waals surface area contributed by atoms with Gasteiger partial charge in [-0.15, -0.1) is 0 Å². The predicted molar refractivity (Wildman–Crippen MR) is 136 cm³/mol. The SMILES string of the molecule is CC1(C)CC=C(c2cc(C3(O)C[C@]4(CO)CC[C@](CO)(C3)O4)ccc2NC(=O)c2ncc(C#N)[nH]2)CC1. The molecule has 0 saturated carbocycles. The number of ether oxygens (including phenoxy) is 1. The van der Waals surface area contributed by atoms with Crippen LogP contribution in [0.15, 0.2) is 30.5 Å².